The largest absolute Gasteiger partial charge is 0.339 e. The second-order valence-corrected chi connectivity index (χ2v) is 6.87. The summed E-state index contributed by atoms with van der Waals surface area (Å²) in [6, 6.07) is 7.13. The number of nitrogens with zero attached hydrogens (tertiary/aromatic N) is 2. The number of benzene rings is 1. The smallest absolute Gasteiger partial charge is 0.253 e. The standard InChI is InChI=1S/C20H25N3O3/c1-2-18(24)22-12-8-15(9-13-22)19(25)21-17-7-5-6-16(14-17)20(26)23-10-3-4-11-23/h2,5-7,14-15H,1,3-4,8-13H2,(H,21,25). The summed E-state index contributed by atoms with van der Waals surface area (Å²) in [5.41, 5.74) is 1.25. The lowest BCUT2D eigenvalue weighted by molar-refractivity contribution is -0.130. The van der Waals surface area contributed by atoms with Crippen LogP contribution in [-0.4, -0.2) is 53.7 Å². The van der Waals surface area contributed by atoms with Crippen LogP contribution in [0.15, 0.2) is 36.9 Å². The maximum atomic E-state index is 12.5. The molecule has 2 aliphatic rings. The van der Waals surface area contributed by atoms with Crippen LogP contribution >= 0.6 is 0 Å². The van der Waals surface area contributed by atoms with Gasteiger partial charge in [-0.25, -0.2) is 0 Å². The van der Waals surface area contributed by atoms with Crippen LogP contribution in [0.2, 0.25) is 0 Å². The Balaban J connectivity index is 1.58. The van der Waals surface area contributed by atoms with Crippen molar-refractivity contribution in [1.29, 1.82) is 0 Å². The van der Waals surface area contributed by atoms with Gasteiger partial charge in [0, 0.05) is 43.3 Å². The van der Waals surface area contributed by atoms with Gasteiger partial charge in [0.2, 0.25) is 11.8 Å². The summed E-state index contributed by atoms with van der Waals surface area (Å²) in [5, 5.41) is 2.92. The molecule has 2 fully saturated rings. The number of carbonyl (C=O) groups excluding carboxylic acids is 3. The number of anilines is 1. The molecule has 0 aliphatic carbocycles. The molecule has 0 radical (unpaired) electrons. The molecule has 3 amide bonds. The molecule has 26 heavy (non-hydrogen) atoms. The van der Waals surface area contributed by atoms with Crippen LogP contribution in [-0.2, 0) is 9.59 Å². The molecule has 0 unspecified atom stereocenters. The van der Waals surface area contributed by atoms with Crippen LogP contribution in [0.5, 0.6) is 0 Å². The SMILES string of the molecule is C=CC(=O)N1CCC(C(=O)Nc2cccc(C(=O)N3CCCC3)c2)CC1. The topological polar surface area (TPSA) is 69.7 Å². The molecule has 0 atom stereocenters. The maximum absolute atomic E-state index is 12.5. The van der Waals surface area contributed by atoms with E-state index in [0.29, 0.717) is 37.2 Å². The molecule has 2 aliphatic heterocycles. The predicted octanol–water partition coefficient (Wildman–Crippen LogP) is 2.29. The van der Waals surface area contributed by atoms with Gasteiger partial charge in [0.05, 0.1) is 0 Å². The molecule has 0 spiro atoms. The monoisotopic (exact) mass is 355 g/mol. The number of carbonyl (C=O) groups is 3. The van der Waals surface area contributed by atoms with E-state index in [2.05, 4.69) is 11.9 Å². The van der Waals surface area contributed by atoms with Crippen molar-refractivity contribution in [1.82, 2.24) is 9.80 Å². The van der Waals surface area contributed by atoms with Crippen LogP contribution < -0.4 is 5.32 Å². The molecule has 3 rings (SSSR count). The van der Waals surface area contributed by atoms with E-state index in [-0.39, 0.29) is 23.6 Å². The Morgan fingerprint density at radius 3 is 2.38 bits per heavy atom. The van der Waals surface area contributed by atoms with Crippen molar-refractivity contribution in [2.45, 2.75) is 25.7 Å². The number of amides is 3. The van der Waals surface area contributed by atoms with E-state index in [1.807, 2.05) is 4.90 Å². The van der Waals surface area contributed by atoms with Gasteiger partial charge in [-0.1, -0.05) is 12.6 Å². The average Bonchev–Trinajstić information content (AvgIpc) is 3.22. The van der Waals surface area contributed by atoms with Crippen molar-refractivity contribution in [2.75, 3.05) is 31.5 Å². The second-order valence-electron chi connectivity index (χ2n) is 6.87. The molecule has 2 saturated heterocycles. The summed E-state index contributed by atoms with van der Waals surface area (Å²) in [4.78, 5) is 40.2. The van der Waals surface area contributed by atoms with Gasteiger partial charge >= 0.3 is 0 Å². The van der Waals surface area contributed by atoms with E-state index < -0.39 is 0 Å². The zero-order valence-corrected chi connectivity index (χ0v) is 14.9. The first-order valence-electron chi connectivity index (χ1n) is 9.20. The molecule has 2 heterocycles. The van der Waals surface area contributed by atoms with E-state index in [4.69, 9.17) is 0 Å². The van der Waals surface area contributed by atoms with E-state index in [9.17, 15) is 14.4 Å². The summed E-state index contributed by atoms with van der Waals surface area (Å²) in [7, 11) is 0. The minimum Gasteiger partial charge on any atom is -0.339 e. The minimum atomic E-state index is -0.123. The van der Waals surface area contributed by atoms with Crippen LogP contribution in [0.25, 0.3) is 0 Å². The van der Waals surface area contributed by atoms with Gasteiger partial charge in [-0.2, -0.15) is 0 Å². The van der Waals surface area contributed by atoms with Gasteiger partial charge in [0.25, 0.3) is 5.91 Å². The second kappa shape index (κ2) is 8.17. The molecule has 1 aromatic carbocycles. The quantitative estimate of drug-likeness (QED) is 0.843. The van der Waals surface area contributed by atoms with Crippen molar-refractivity contribution in [3.05, 3.63) is 42.5 Å². The normalized spacial score (nSPS) is 17.8. The van der Waals surface area contributed by atoms with Crippen LogP contribution in [0.1, 0.15) is 36.0 Å². The van der Waals surface area contributed by atoms with Gasteiger partial charge in [0.15, 0.2) is 0 Å². The highest BCUT2D eigenvalue weighted by Crippen LogP contribution is 2.21. The fraction of sp³-hybridized carbons (Fsp3) is 0.450. The van der Waals surface area contributed by atoms with Crippen molar-refractivity contribution in [3.63, 3.8) is 0 Å². The number of rotatable bonds is 4. The highest BCUT2D eigenvalue weighted by Gasteiger charge is 2.26. The molecule has 0 aromatic heterocycles. The zero-order chi connectivity index (χ0) is 18.5. The molecule has 0 bridgehead atoms. The van der Waals surface area contributed by atoms with Gasteiger partial charge in [-0.3, -0.25) is 14.4 Å². The first kappa shape index (κ1) is 18.2. The molecular weight excluding hydrogens is 330 g/mol. The van der Waals surface area contributed by atoms with Gasteiger partial charge in [0.1, 0.15) is 0 Å². The number of hydrogen-bond acceptors (Lipinski definition) is 3. The minimum absolute atomic E-state index is 0.0230. The van der Waals surface area contributed by atoms with E-state index in [1.54, 1.807) is 29.2 Å². The molecule has 0 saturated carbocycles. The van der Waals surface area contributed by atoms with Crippen LogP contribution in [0.3, 0.4) is 0 Å². The van der Waals surface area contributed by atoms with Crippen molar-refractivity contribution in [3.8, 4) is 0 Å². The van der Waals surface area contributed by atoms with Gasteiger partial charge in [-0.05, 0) is 50.0 Å². The number of likely N-dealkylation sites (tertiary alicyclic amines) is 2. The van der Waals surface area contributed by atoms with Crippen molar-refractivity contribution < 1.29 is 14.4 Å². The fourth-order valence-electron chi connectivity index (χ4n) is 3.57. The number of hydrogen-bond donors (Lipinski definition) is 1. The lowest BCUT2D eigenvalue weighted by atomic mass is 9.95. The summed E-state index contributed by atoms with van der Waals surface area (Å²) in [6.45, 7) is 6.23. The van der Waals surface area contributed by atoms with Crippen LogP contribution in [0.4, 0.5) is 5.69 Å². The Labute approximate surface area is 153 Å². The van der Waals surface area contributed by atoms with Crippen molar-refractivity contribution >= 4 is 23.4 Å². The summed E-state index contributed by atoms with van der Waals surface area (Å²) in [6.07, 6.45) is 4.68. The fourth-order valence-corrected chi connectivity index (χ4v) is 3.57. The summed E-state index contributed by atoms with van der Waals surface area (Å²) >= 11 is 0. The zero-order valence-electron chi connectivity index (χ0n) is 14.9. The van der Waals surface area contributed by atoms with Gasteiger partial charge in [-0.15, -0.1) is 0 Å². The van der Waals surface area contributed by atoms with E-state index in [1.165, 1.54) is 6.08 Å². The predicted molar refractivity (Wildman–Crippen MR) is 99.7 cm³/mol. The Bertz CT molecular complexity index is 702. The molecule has 6 nitrogen and oxygen atoms in total. The third kappa shape index (κ3) is 4.12. The first-order chi connectivity index (χ1) is 12.6. The van der Waals surface area contributed by atoms with Crippen LogP contribution in [0, 0.1) is 5.92 Å². The lowest BCUT2D eigenvalue weighted by Crippen LogP contribution is -2.40. The Morgan fingerprint density at radius 1 is 1.04 bits per heavy atom. The third-order valence-corrected chi connectivity index (χ3v) is 5.12. The third-order valence-electron chi connectivity index (χ3n) is 5.12. The molecule has 138 valence electrons. The van der Waals surface area contributed by atoms with Crippen molar-refractivity contribution in [2.24, 2.45) is 5.92 Å². The number of nitrogens with one attached hydrogen (secondary N) is 1. The van der Waals surface area contributed by atoms with E-state index >= 15 is 0 Å². The number of piperidine rings is 1. The summed E-state index contributed by atoms with van der Waals surface area (Å²) < 4.78 is 0. The molecule has 6 heteroatoms. The highest BCUT2D eigenvalue weighted by molar-refractivity contribution is 5.98. The lowest BCUT2D eigenvalue weighted by Gasteiger charge is -2.30. The Morgan fingerprint density at radius 2 is 1.73 bits per heavy atom. The Hall–Kier alpha value is -2.63. The van der Waals surface area contributed by atoms with E-state index in [0.717, 1.165) is 25.9 Å². The average molecular weight is 355 g/mol. The molecule has 1 N–H and O–H groups in total. The Kier molecular flexibility index (Phi) is 5.71. The first-order valence-corrected chi connectivity index (χ1v) is 9.20. The molecular formula is C20H25N3O3. The highest BCUT2D eigenvalue weighted by atomic mass is 16.2. The maximum Gasteiger partial charge on any atom is 0.253 e. The molecule has 1 aromatic rings. The van der Waals surface area contributed by atoms with Gasteiger partial charge < -0.3 is 15.1 Å². The summed E-state index contributed by atoms with van der Waals surface area (Å²) in [5.74, 6) is -0.241.